The van der Waals surface area contributed by atoms with Crippen LogP contribution in [0, 0.1) is 0 Å². The maximum absolute atomic E-state index is 12.7. The predicted octanol–water partition coefficient (Wildman–Crippen LogP) is 3.68. The number of carbonyl (C=O) groups is 2. The van der Waals surface area contributed by atoms with E-state index in [1.165, 1.54) is 0 Å². The number of amides is 2. The van der Waals surface area contributed by atoms with Crippen LogP contribution in [0.5, 0.6) is 0 Å². The molecule has 2 N–H and O–H groups in total. The lowest BCUT2D eigenvalue weighted by Gasteiger charge is -2.21. The van der Waals surface area contributed by atoms with E-state index in [0.717, 1.165) is 37.2 Å². The largest absolute Gasteiger partial charge is 0.376 e. The number of carbonyl (C=O) groups excluding carboxylic acids is 2. The number of hydrogen-bond donors (Lipinski definition) is 2. The first-order chi connectivity index (χ1) is 13.1. The minimum atomic E-state index is -0.0887. The van der Waals surface area contributed by atoms with Crippen molar-refractivity contribution in [1.82, 2.24) is 10.2 Å². The van der Waals surface area contributed by atoms with Gasteiger partial charge in [0.25, 0.3) is 5.91 Å². The van der Waals surface area contributed by atoms with Crippen LogP contribution in [0.4, 0.5) is 5.69 Å². The Morgan fingerprint density at radius 1 is 0.926 bits per heavy atom. The van der Waals surface area contributed by atoms with Crippen LogP contribution >= 0.6 is 0 Å². The lowest BCUT2D eigenvalue weighted by atomic mass is 10.1. The highest BCUT2D eigenvalue weighted by Crippen LogP contribution is 2.13. The van der Waals surface area contributed by atoms with Gasteiger partial charge in [-0.1, -0.05) is 50.2 Å². The second kappa shape index (κ2) is 11.0. The molecule has 0 aliphatic carbocycles. The van der Waals surface area contributed by atoms with Crippen LogP contribution in [0.1, 0.15) is 42.6 Å². The van der Waals surface area contributed by atoms with E-state index in [2.05, 4.69) is 24.5 Å². The van der Waals surface area contributed by atoms with Crippen LogP contribution in [-0.2, 0) is 11.3 Å². The van der Waals surface area contributed by atoms with Gasteiger partial charge in [0.15, 0.2) is 0 Å². The summed E-state index contributed by atoms with van der Waals surface area (Å²) in [5.74, 6) is -0.0509. The van der Waals surface area contributed by atoms with Crippen LogP contribution in [0.3, 0.4) is 0 Å². The summed E-state index contributed by atoms with van der Waals surface area (Å²) in [5, 5.41) is 5.98. The first kappa shape index (κ1) is 20.5. The molecule has 0 atom stereocenters. The molecular weight excluding hydrogens is 338 g/mol. The normalized spacial score (nSPS) is 10.3. The molecule has 27 heavy (non-hydrogen) atoms. The van der Waals surface area contributed by atoms with Crippen LogP contribution in [-0.4, -0.2) is 36.3 Å². The fourth-order valence-electron chi connectivity index (χ4n) is 2.84. The summed E-state index contributed by atoms with van der Waals surface area (Å²) in [6.45, 7) is 6.32. The SMILES string of the molecule is CCCN(CCC)C(=O)c1cccc(NCC(=O)NCc2ccccc2)c1. The Bertz CT molecular complexity index is 725. The molecule has 2 rings (SSSR count). The fourth-order valence-corrected chi connectivity index (χ4v) is 2.84. The molecule has 0 fully saturated rings. The van der Waals surface area contributed by atoms with Gasteiger partial charge in [0.1, 0.15) is 0 Å². The molecule has 2 aromatic rings. The van der Waals surface area contributed by atoms with Crippen LogP contribution in [0.2, 0.25) is 0 Å². The second-order valence-electron chi connectivity index (χ2n) is 6.49. The van der Waals surface area contributed by atoms with E-state index in [4.69, 9.17) is 0 Å². The summed E-state index contributed by atoms with van der Waals surface area (Å²) in [6.07, 6.45) is 1.87. The van der Waals surface area contributed by atoms with E-state index in [9.17, 15) is 9.59 Å². The van der Waals surface area contributed by atoms with Gasteiger partial charge in [0, 0.05) is 30.9 Å². The Morgan fingerprint density at radius 3 is 2.30 bits per heavy atom. The molecule has 0 heterocycles. The highest BCUT2D eigenvalue weighted by Gasteiger charge is 2.14. The molecule has 2 aromatic carbocycles. The van der Waals surface area contributed by atoms with E-state index in [0.29, 0.717) is 12.1 Å². The Labute approximate surface area is 161 Å². The second-order valence-corrected chi connectivity index (χ2v) is 6.49. The quantitative estimate of drug-likeness (QED) is 0.673. The van der Waals surface area contributed by atoms with Crippen molar-refractivity contribution in [2.24, 2.45) is 0 Å². The molecule has 0 aliphatic heterocycles. The van der Waals surface area contributed by atoms with Crippen molar-refractivity contribution >= 4 is 17.5 Å². The predicted molar refractivity (Wildman–Crippen MR) is 110 cm³/mol. The first-order valence-electron chi connectivity index (χ1n) is 9.57. The fraction of sp³-hybridized carbons (Fsp3) is 0.364. The average Bonchev–Trinajstić information content (AvgIpc) is 2.71. The zero-order valence-corrected chi connectivity index (χ0v) is 16.2. The third-order valence-electron chi connectivity index (χ3n) is 4.17. The summed E-state index contributed by atoms with van der Waals surface area (Å²) in [4.78, 5) is 26.6. The Hall–Kier alpha value is -2.82. The maximum atomic E-state index is 12.7. The average molecular weight is 367 g/mol. The highest BCUT2D eigenvalue weighted by molar-refractivity contribution is 5.95. The lowest BCUT2D eigenvalue weighted by Crippen LogP contribution is -2.32. The third-order valence-corrected chi connectivity index (χ3v) is 4.17. The van der Waals surface area contributed by atoms with E-state index in [1.54, 1.807) is 0 Å². The van der Waals surface area contributed by atoms with Crippen LogP contribution < -0.4 is 10.6 Å². The zero-order chi connectivity index (χ0) is 19.5. The number of anilines is 1. The number of rotatable bonds is 10. The van der Waals surface area contributed by atoms with Crippen LogP contribution in [0.15, 0.2) is 54.6 Å². The third kappa shape index (κ3) is 6.77. The molecule has 0 aliphatic rings. The van der Waals surface area contributed by atoms with Crippen molar-refractivity contribution in [3.8, 4) is 0 Å². The van der Waals surface area contributed by atoms with Crippen molar-refractivity contribution in [2.75, 3.05) is 25.0 Å². The van der Waals surface area contributed by atoms with Crippen molar-refractivity contribution in [3.63, 3.8) is 0 Å². The van der Waals surface area contributed by atoms with E-state index in [1.807, 2.05) is 59.5 Å². The Kier molecular flexibility index (Phi) is 8.36. The number of benzene rings is 2. The minimum absolute atomic E-state index is 0.0379. The summed E-state index contributed by atoms with van der Waals surface area (Å²) in [7, 11) is 0. The van der Waals surface area contributed by atoms with E-state index in [-0.39, 0.29) is 18.4 Å². The van der Waals surface area contributed by atoms with Crippen molar-refractivity contribution in [1.29, 1.82) is 0 Å². The van der Waals surface area contributed by atoms with Gasteiger partial charge in [-0.3, -0.25) is 9.59 Å². The first-order valence-corrected chi connectivity index (χ1v) is 9.57. The van der Waals surface area contributed by atoms with E-state index < -0.39 is 0 Å². The van der Waals surface area contributed by atoms with Crippen molar-refractivity contribution < 1.29 is 9.59 Å². The molecule has 0 spiro atoms. The Morgan fingerprint density at radius 2 is 1.63 bits per heavy atom. The van der Waals surface area contributed by atoms with Gasteiger partial charge in [0.2, 0.25) is 5.91 Å². The van der Waals surface area contributed by atoms with Gasteiger partial charge in [-0.15, -0.1) is 0 Å². The molecule has 0 bridgehead atoms. The summed E-state index contributed by atoms with van der Waals surface area (Å²) < 4.78 is 0. The van der Waals surface area contributed by atoms with E-state index >= 15 is 0 Å². The maximum Gasteiger partial charge on any atom is 0.253 e. The van der Waals surface area contributed by atoms with Crippen molar-refractivity contribution in [2.45, 2.75) is 33.2 Å². The van der Waals surface area contributed by atoms with Gasteiger partial charge >= 0.3 is 0 Å². The number of nitrogens with one attached hydrogen (secondary N) is 2. The lowest BCUT2D eigenvalue weighted by molar-refractivity contribution is -0.119. The summed E-state index contributed by atoms with van der Waals surface area (Å²) >= 11 is 0. The number of nitrogens with zero attached hydrogens (tertiary/aromatic N) is 1. The van der Waals surface area contributed by atoms with Gasteiger partial charge in [-0.25, -0.2) is 0 Å². The number of hydrogen-bond acceptors (Lipinski definition) is 3. The zero-order valence-electron chi connectivity index (χ0n) is 16.2. The summed E-state index contributed by atoms with van der Waals surface area (Å²) in [5.41, 5.74) is 2.47. The molecule has 144 valence electrons. The Balaban J connectivity index is 1.89. The summed E-state index contributed by atoms with van der Waals surface area (Å²) in [6, 6.07) is 17.1. The van der Waals surface area contributed by atoms with Crippen molar-refractivity contribution in [3.05, 3.63) is 65.7 Å². The molecule has 0 saturated carbocycles. The van der Waals surface area contributed by atoms with Crippen LogP contribution in [0.25, 0.3) is 0 Å². The monoisotopic (exact) mass is 367 g/mol. The minimum Gasteiger partial charge on any atom is -0.376 e. The standard InChI is InChI=1S/C22H29N3O2/c1-3-13-25(14-4-2)22(27)19-11-8-12-20(15-19)23-17-21(26)24-16-18-9-6-5-7-10-18/h5-12,15,23H,3-4,13-14,16-17H2,1-2H3,(H,24,26). The molecule has 0 radical (unpaired) electrons. The van der Waals surface area contributed by atoms with Gasteiger partial charge in [-0.2, -0.15) is 0 Å². The van der Waals surface area contributed by atoms with Gasteiger partial charge in [0.05, 0.1) is 6.54 Å². The van der Waals surface area contributed by atoms with Gasteiger partial charge in [-0.05, 0) is 36.6 Å². The molecule has 5 heteroatoms. The molecule has 5 nitrogen and oxygen atoms in total. The molecular formula is C22H29N3O2. The molecule has 0 saturated heterocycles. The highest BCUT2D eigenvalue weighted by atomic mass is 16.2. The smallest absolute Gasteiger partial charge is 0.253 e. The van der Waals surface area contributed by atoms with Gasteiger partial charge < -0.3 is 15.5 Å². The molecule has 0 aromatic heterocycles. The topological polar surface area (TPSA) is 61.4 Å². The molecule has 0 unspecified atom stereocenters. The molecule has 2 amide bonds.